The number of urea groups is 1. The highest BCUT2D eigenvalue weighted by molar-refractivity contribution is 8.02. The van der Waals surface area contributed by atoms with E-state index in [9.17, 15) is 9.59 Å². The van der Waals surface area contributed by atoms with E-state index in [1.165, 1.54) is 23.1 Å². The van der Waals surface area contributed by atoms with Gasteiger partial charge in [-0.1, -0.05) is 40.8 Å². The highest BCUT2D eigenvalue weighted by Gasteiger charge is 2.21. The number of imide groups is 1. The summed E-state index contributed by atoms with van der Waals surface area (Å²) in [7, 11) is 0. The summed E-state index contributed by atoms with van der Waals surface area (Å²) in [4.78, 5) is 23.9. The first-order chi connectivity index (χ1) is 12.5. The number of benzene rings is 1. The number of anilines is 2. The first-order valence-corrected chi connectivity index (χ1v) is 10.3. The predicted octanol–water partition coefficient (Wildman–Crippen LogP) is 4.35. The van der Waals surface area contributed by atoms with Crippen LogP contribution in [-0.2, 0) is 4.79 Å². The van der Waals surface area contributed by atoms with Gasteiger partial charge in [0, 0.05) is 16.2 Å². The minimum absolute atomic E-state index is 0.392. The number of carbonyl (C=O) groups excluding carboxylic acids is 2. The molecular formula is C17H22ClN5O2S2. The van der Waals surface area contributed by atoms with Crippen LogP contribution in [0.5, 0.6) is 0 Å². The molecule has 0 spiro atoms. The van der Waals surface area contributed by atoms with Crippen molar-refractivity contribution in [1.29, 1.82) is 0 Å². The first-order valence-electron chi connectivity index (χ1n) is 8.20. The minimum atomic E-state index is -0.518. The monoisotopic (exact) mass is 427 g/mol. The minimum Gasteiger partial charge on any atom is -0.333 e. The number of nitrogens with one attached hydrogen (secondary N) is 3. The number of hydrogen-bond acceptors (Lipinski definition) is 7. The van der Waals surface area contributed by atoms with Gasteiger partial charge in [0.05, 0.1) is 5.25 Å². The number of carbonyl (C=O) groups is 2. The third kappa shape index (κ3) is 7.00. The van der Waals surface area contributed by atoms with Crippen molar-refractivity contribution in [2.24, 2.45) is 0 Å². The van der Waals surface area contributed by atoms with Crippen molar-refractivity contribution in [1.82, 2.24) is 20.8 Å². The van der Waals surface area contributed by atoms with Crippen molar-refractivity contribution in [2.75, 3.05) is 5.32 Å². The fraction of sp³-hybridized carbons (Fsp3) is 0.412. The molecule has 10 heteroatoms. The van der Waals surface area contributed by atoms with E-state index in [2.05, 4.69) is 26.1 Å². The van der Waals surface area contributed by atoms with Crippen LogP contribution in [0.2, 0.25) is 5.02 Å². The number of halogens is 1. The number of thioether (sulfide) groups is 1. The maximum atomic E-state index is 12.1. The standard InChI is InChI=1S/C17H22ClN5O2S2/c1-9-6-7-11(8-12(9)18)19-15-22-23-16(27-15)26-10(2)13(24)20-14(25)21-17(3,4)5/h6-8,10H,1-5H3,(H,19,22)(H2,20,21,24,25). The highest BCUT2D eigenvalue weighted by Crippen LogP contribution is 2.31. The molecule has 0 saturated heterocycles. The van der Waals surface area contributed by atoms with E-state index < -0.39 is 22.7 Å². The topological polar surface area (TPSA) is 96.0 Å². The number of aromatic nitrogens is 2. The van der Waals surface area contributed by atoms with Crippen LogP contribution >= 0.6 is 34.7 Å². The molecule has 0 radical (unpaired) electrons. The van der Waals surface area contributed by atoms with Crippen LogP contribution in [0.15, 0.2) is 22.5 Å². The van der Waals surface area contributed by atoms with Gasteiger partial charge in [-0.2, -0.15) is 0 Å². The van der Waals surface area contributed by atoms with Gasteiger partial charge in [0.15, 0.2) is 4.34 Å². The molecule has 3 N–H and O–H groups in total. The third-order valence-corrected chi connectivity index (χ3v) is 5.63. The van der Waals surface area contributed by atoms with E-state index in [0.29, 0.717) is 14.5 Å². The lowest BCUT2D eigenvalue weighted by Crippen LogP contribution is -2.49. The summed E-state index contributed by atoms with van der Waals surface area (Å²) in [5.74, 6) is -0.392. The maximum Gasteiger partial charge on any atom is 0.321 e. The molecule has 7 nitrogen and oxygen atoms in total. The second-order valence-corrected chi connectivity index (χ2v) is 9.89. The van der Waals surface area contributed by atoms with Crippen LogP contribution < -0.4 is 16.0 Å². The SMILES string of the molecule is Cc1ccc(Nc2nnc(SC(C)C(=O)NC(=O)NC(C)(C)C)s2)cc1Cl. The van der Waals surface area contributed by atoms with Crippen LogP contribution in [0.1, 0.15) is 33.3 Å². The van der Waals surface area contributed by atoms with Gasteiger partial charge in [-0.15, -0.1) is 10.2 Å². The van der Waals surface area contributed by atoms with Crippen molar-refractivity contribution in [3.63, 3.8) is 0 Å². The summed E-state index contributed by atoms with van der Waals surface area (Å²) < 4.78 is 0.620. The van der Waals surface area contributed by atoms with Crippen LogP contribution in [0.3, 0.4) is 0 Å². The lowest BCUT2D eigenvalue weighted by Gasteiger charge is -2.20. The van der Waals surface area contributed by atoms with Gasteiger partial charge in [0.2, 0.25) is 11.0 Å². The van der Waals surface area contributed by atoms with Crippen molar-refractivity contribution < 1.29 is 9.59 Å². The highest BCUT2D eigenvalue weighted by atomic mass is 35.5. The van der Waals surface area contributed by atoms with Gasteiger partial charge < -0.3 is 10.6 Å². The molecule has 146 valence electrons. The fourth-order valence-corrected chi connectivity index (χ4v) is 3.99. The summed E-state index contributed by atoms with van der Waals surface area (Å²) in [5.41, 5.74) is 1.38. The Morgan fingerprint density at radius 1 is 1.26 bits per heavy atom. The molecule has 2 aromatic rings. The molecule has 0 saturated carbocycles. The summed E-state index contributed by atoms with van der Waals surface area (Å²) >= 11 is 8.67. The Hall–Kier alpha value is -1.84. The molecule has 0 fully saturated rings. The van der Waals surface area contributed by atoms with E-state index in [0.717, 1.165) is 11.3 Å². The quantitative estimate of drug-likeness (QED) is 0.614. The summed E-state index contributed by atoms with van der Waals surface area (Å²) in [6.45, 7) is 9.16. The number of rotatable bonds is 5. The lowest BCUT2D eigenvalue weighted by atomic mass is 10.1. The third-order valence-electron chi connectivity index (χ3n) is 3.20. The number of nitrogens with zero attached hydrogens (tertiary/aromatic N) is 2. The van der Waals surface area contributed by atoms with E-state index >= 15 is 0 Å². The van der Waals surface area contributed by atoms with E-state index in [1.807, 2.05) is 45.9 Å². The predicted molar refractivity (Wildman–Crippen MR) is 111 cm³/mol. The van der Waals surface area contributed by atoms with E-state index in [1.54, 1.807) is 6.92 Å². The Bertz CT molecular complexity index is 835. The summed E-state index contributed by atoms with van der Waals surface area (Å²) in [6, 6.07) is 5.11. The van der Waals surface area contributed by atoms with Gasteiger partial charge in [0.25, 0.3) is 0 Å². The van der Waals surface area contributed by atoms with Crippen molar-refractivity contribution in [2.45, 2.75) is 49.7 Å². The van der Waals surface area contributed by atoms with E-state index in [4.69, 9.17) is 11.6 Å². The molecule has 1 unspecified atom stereocenters. The summed E-state index contributed by atoms with van der Waals surface area (Å²) in [6.07, 6.45) is 0. The molecule has 0 aliphatic rings. The second kappa shape index (κ2) is 8.90. The molecule has 27 heavy (non-hydrogen) atoms. The van der Waals surface area contributed by atoms with Gasteiger partial charge >= 0.3 is 6.03 Å². The van der Waals surface area contributed by atoms with Gasteiger partial charge in [0.1, 0.15) is 0 Å². The normalized spacial score (nSPS) is 12.4. The van der Waals surface area contributed by atoms with Crippen LogP contribution in [0.25, 0.3) is 0 Å². The zero-order valence-corrected chi connectivity index (χ0v) is 18.1. The molecule has 1 atom stereocenters. The molecule has 0 aliphatic heterocycles. The molecule has 0 bridgehead atoms. The van der Waals surface area contributed by atoms with Gasteiger partial charge in [-0.3, -0.25) is 10.1 Å². The molecule has 3 amide bonds. The van der Waals surface area contributed by atoms with Gasteiger partial charge in [-0.05, 0) is 52.3 Å². The smallest absolute Gasteiger partial charge is 0.321 e. The molecular weight excluding hydrogens is 406 g/mol. The second-order valence-electron chi connectivity index (χ2n) is 6.92. The van der Waals surface area contributed by atoms with Crippen molar-refractivity contribution in [3.8, 4) is 0 Å². The number of amides is 3. The molecule has 0 aliphatic carbocycles. The van der Waals surface area contributed by atoms with Crippen molar-refractivity contribution in [3.05, 3.63) is 28.8 Å². The Morgan fingerprint density at radius 2 is 1.96 bits per heavy atom. The van der Waals surface area contributed by atoms with Crippen molar-refractivity contribution >= 4 is 57.5 Å². The largest absolute Gasteiger partial charge is 0.333 e. The average Bonchev–Trinajstić information content (AvgIpc) is 2.96. The molecule has 1 heterocycles. The lowest BCUT2D eigenvalue weighted by molar-refractivity contribution is -0.119. The zero-order valence-electron chi connectivity index (χ0n) is 15.7. The fourth-order valence-electron chi connectivity index (χ4n) is 1.89. The van der Waals surface area contributed by atoms with Gasteiger partial charge in [-0.25, -0.2) is 4.79 Å². The first kappa shape index (κ1) is 21.5. The average molecular weight is 428 g/mol. The zero-order chi connectivity index (χ0) is 20.2. The maximum absolute atomic E-state index is 12.1. The Balaban J connectivity index is 1.91. The summed E-state index contributed by atoms with van der Waals surface area (Å²) in [5, 5.41) is 17.0. The van der Waals surface area contributed by atoms with Crippen LogP contribution in [0, 0.1) is 6.92 Å². The Labute approximate surface area is 171 Å². The molecule has 2 rings (SSSR count). The molecule has 1 aromatic heterocycles. The number of aryl methyl sites for hydroxylation is 1. The Kier molecular flexibility index (Phi) is 7.07. The van der Waals surface area contributed by atoms with E-state index in [-0.39, 0.29) is 0 Å². The van der Waals surface area contributed by atoms with Crippen LogP contribution in [0.4, 0.5) is 15.6 Å². The molecule has 1 aromatic carbocycles. The number of hydrogen-bond donors (Lipinski definition) is 3. The Morgan fingerprint density at radius 3 is 2.59 bits per heavy atom. The van der Waals surface area contributed by atoms with Crippen LogP contribution in [-0.4, -0.2) is 32.9 Å².